The third kappa shape index (κ3) is 5.02. The summed E-state index contributed by atoms with van der Waals surface area (Å²) in [5.74, 6) is -0.937. The number of esters is 2. The van der Waals surface area contributed by atoms with Gasteiger partial charge in [0.15, 0.2) is 5.69 Å². The minimum absolute atomic E-state index is 0.0845. The summed E-state index contributed by atoms with van der Waals surface area (Å²) in [7, 11) is 1.30. The van der Waals surface area contributed by atoms with Gasteiger partial charge in [-0.3, -0.25) is 9.59 Å². The molecule has 1 aliphatic rings. The van der Waals surface area contributed by atoms with E-state index in [1.807, 2.05) is 0 Å². The van der Waals surface area contributed by atoms with E-state index in [9.17, 15) is 14.4 Å². The Morgan fingerprint density at radius 3 is 2.70 bits per heavy atom. The minimum atomic E-state index is -0.487. The SMILES string of the molecule is CCOC(=O)CCC(=O)N(Cc1nc(C(=O)OC)cs1)C1CC1. The molecular weight excluding hydrogens is 320 g/mol. The van der Waals surface area contributed by atoms with Gasteiger partial charge in [-0.25, -0.2) is 9.78 Å². The fourth-order valence-electron chi connectivity index (χ4n) is 2.12. The fourth-order valence-corrected chi connectivity index (χ4v) is 2.88. The van der Waals surface area contributed by atoms with E-state index in [4.69, 9.17) is 4.74 Å². The Labute approximate surface area is 138 Å². The maximum Gasteiger partial charge on any atom is 0.357 e. The van der Waals surface area contributed by atoms with Crippen molar-refractivity contribution in [2.24, 2.45) is 0 Å². The molecule has 126 valence electrons. The Hall–Kier alpha value is -1.96. The summed E-state index contributed by atoms with van der Waals surface area (Å²) in [4.78, 5) is 41.1. The predicted molar refractivity (Wildman–Crippen MR) is 82.9 cm³/mol. The van der Waals surface area contributed by atoms with Crippen LogP contribution >= 0.6 is 11.3 Å². The number of hydrogen-bond donors (Lipinski definition) is 0. The van der Waals surface area contributed by atoms with Crippen LogP contribution in [0.15, 0.2) is 5.38 Å². The molecule has 0 aliphatic heterocycles. The van der Waals surface area contributed by atoms with Gasteiger partial charge in [-0.15, -0.1) is 11.3 Å². The first-order valence-electron chi connectivity index (χ1n) is 7.53. The van der Waals surface area contributed by atoms with Crippen molar-refractivity contribution in [2.45, 2.75) is 45.2 Å². The first-order chi connectivity index (χ1) is 11.0. The van der Waals surface area contributed by atoms with Gasteiger partial charge in [-0.1, -0.05) is 0 Å². The molecule has 2 rings (SSSR count). The van der Waals surface area contributed by atoms with Crippen molar-refractivity contribution in [1.82, 2.24) is 9.88 Å². The summed E-state index contributed by atoms with van der Waals surface area (Å²) < 4.78 is 9.46. The number of nitrogens with zero attached hydrogens (tertiary/aromatic N) is 2. The maximum atomic E-state index is 12.3. The fraction of sp³-hybridized carbons (Fsp3) is 0.600. The van der Waals surface area contributed by atoms with Crippen molar-refractivity contribution in [2.75, 3.05) is 13.7 Å². The largest absolute Gasteiger partial charge is 0.466 e. The highest BCUT2D eigenvalue weighted by Crippen LogP contribution is 2.29. The van der Waals surface area contributed by atoms with Crippen LogP contribution in [-0.2, 0) is 25.6 Å². The Balaban J connectivity index is 1.93. The van der Waals surface area contributed by atoms with Crippen LogP contribution in [0.4, 0.5) is 0 Å². The van der Waals surface area contributed by atoms with Crippen molar-refractivity contribution in [3.05, 3.63) is 16.1 Å². The second-order valence-electron chi connectivity index (χ2n) is 5.18. The molecule has 1 fully saturated rings. The molecule has 23 heavy (non-hydrogen) atoms. The second-order valence-corrected chi connectivity index (χ2v) is 6.12. The van der Waals surface area contributed by atoms with Crippen LogP contribution in [0.1, 0.15) is 48.1 Å². The lowest BCUT2D eigenvalue weighted by Gasteiger charge is -2.21. The van der Waals surface area contributed by atoms with Crippen molar-refractivity contribution in [1.29, 1.82) is 0 Å². The second kappa shape index (κ2) is 8.05. The monoisotopic (exact) mass is 340 g/mol. The number of carbonyl (C=O) groups excluding carboxylic acids is 3. The molecule has 0 saturated heterocycles. The van der Waals surface area contributed by atoms with E-state index in [0.717, 1.165) is 12.8 Å². The summed E-state index contributed by atoms with van der Waals surface area (Å²) in [6.45, 7) is 2.40. The van der Waals surface area contributed by atoms with E-state index >= 15 is 0 Å². The van der Waals surface area contributed by atoms with Gasteiger partial charge in [0.2, 0.25) is 5.91 Å². The van der Waals surface area contributed by atoms with E-state index < -0.39 is 5.97 Å². The molecule has 0 aromatic carbocycles. The standard InChI is InChI=1S/C15H20N2O5S/c1-3-22-14(19)7-6-13(18)17(10-4-5-10)8-12-16-11(9-23-12)15(20)21-2/h9-10H,3-8H2,1-2H3. The van der Waals surface area contributed by atoms with Crippen molar-refractivity contribution in [3.8, 4) is 0 Å². The molecule has 1 saturated carbocycles. The highest BCUT2D eigenvalue weighted by molar-refractivity contribution is 7.09. The molecular formula is C15H20N2O5S. The summed E-state index contributed by atoms with van der Waals surface area (Å²) in [5.41, 5.74) is 0.252. The predicted octanol–water partition coefficient (Wildman–Crippen LogP) is 1.76. The maximum absolute atomic E-state index is 12.3. The zero-order valence-corrected chi connectivity index (χ0v) is 14.1. The third-order valence-corrected chi connectivity index (χ3v) is 4.24. The Kier molecular flexibility index (Phi) is 6.09. The van der Waals surface area contributed by atoms with Crippen LogP contribution in [-0.4, -0.2) is 47.5 Å². The van der Waals surface area contributed by atoms with Gasteiger partial charge in [0.1, 0.15) is 5.01 Å². The summed E-state index contributed by atoms with van der Waals surface area (Å²) in [5, 5.41) is 2.30. The number of thiazole rings is 1. The van der Waals surface area contributed by atoms with Crippen LogP contribution in [0.3, 0.4) is 0 Å². The molecule has 1 aliphatic carbocycles. The van der Waals surface area contributed by atoms with E-state index in [1.165, 1.54) is 18.4 Å². The molecule has 8 heteroatoms. The molecule has 7 nitrogen and oxygen atoms in total. The molecule has 0 unspecified atom stereocenters. The number of aromatic nitrogens is 1. The number of carbonyl (C=O) groups is 3. The quantitative estimate of drug-likeness (QED) is 0.670. The van der Waals surface area contributed by atoms with Crippen molar-refractivity contribution in [3.63, 3.8) is 0 Å². The van der Waals surface area contributed by atoms with Crippen LogP contribution in [0.25, 0.3) is 0 Å². The van der Waals surface area contributed by atoms with E-state index in [1.54, 1.807) is 17.2 Å². The van der Waals surface area contributed by atoms with Crippen LogP contribution in [0.2, 0.25) is 0 Å². The average molecular weight is 340 g/mol. The van der Waals surface area contributed by atoms with Gasteiger partial charge in [-0.05, 0) is 19.8 Å². The van der Waals surface area contributed by atoms with Gasteiger partial charge < -0.3 is 14.4 Å². The Morgan fingerprint density at radius 2 is 2.09 bits per heavy atom. The first-order valence-corrected chi connectivity index (χ1v) is 8.41. The molecule has 0 radical (unpaired) electrons. The Morgan fingerprint density at radius 1 is 1.35 bits per heavy atom. The lowest BCUT2D eigenvalue weighted by atomic mass is 10.2. The molecule has 0 atom stereocenters. The summed E-state index contributed by atoms with van der Waals surface area (Å²) >= 11 is 1.32. The number of hydrogen-bond acceptors (Lipinski definition) is 7. The zero-order chi connectivity index (χ0) is 16.8. The molecule has 0 N–H and O–H groups in total. The Bertz CT molecular complexity index is 582. The first kappa shape index (κ1) is 17.4. The topological polar surface area (TPSA) is 85.8 Å². The molecule has 1 amide bonds. The lowest BCUT2D eigenvalue weighted by molar-refractivity contribution is -0.146. The highest BCUT2D eigenvalue weighted by Gasteiger charge is 2.33. The van der Waals surface area contributed by atoms with E-state index in [2.05, 4.69) is 9.72 Å². The third-order valence-electron chi connectivity index (χ3n) is 3.41. The van der Waals surface area contributed by atoms with Crippen molar-refractivity contribution < 1.29 is 23.9 Å². The lowest BCUT2D eigenvalue weighted by Crippen LogP contribution is -2.32. The van der Waals surface area contributed by atoms with Gasteiger partial charge in [0.25, 0.3) is 0 Å². The van der Waals surface area contributed by atoms with E-state index in [0.29, 0.717) is 18.2 Å². The van der Waals surface area contributed by atoms with Gasteiger partial charge >= 0.3 is 11.9 Å². The number of amides is 1. The van der Waals surface area contributed by atoms with Gasteiger partial charge in [-0.2, -0.15) is 0 Å². The molecule has 1 heterocycles. The van der Waals surface area contributed by atoms with Crippen LogP contribution < -0.4 is 0 Å². The van der Waals surface area contributed by atoms with Gasteiger partial charge in [0, 0.05) is 17.8 Å². The van der Waals surface area contributed by atoms with E-state index in [-0.39, 0.29) is 36.5 Å². The molecule has 0 spiro atoms. The van der Waals surface area contributed by atoms with Gasteiger partial charge in [0.05, 0.1) is 26.7 Å². The normalized spacial score (nSPS) is 13.5. The van der Waals surface area contributed by atoms with Crippen LogP contribution in [0.5, 0.6) is 0 Å². The molecule has 1 aromatic rings. The average Bonchev–Trinajstić information content (AvgIpc) is 3.28. The summed E-state index contributed by atoms with van der Waals surface area (Å²) in [6.07, 6.45) is 2.13. The zero-order valence-electron chi connectivity index (χ0n) is 13.2. The number of rotatable bonds is 8. The minimum Gasteiger partial charge on any atom is -0.466 e. The molecule has 0 bridgehead atoms. The van der Waals surface area contributed by atoms with Crippen LogP contribution in [0, 0.1) is 0 Å². The molecule has 1 aromatic heterocycles. The summed E-state index contributed by atoms with van der Waals surface area (Å²) in [6, 6.07) is 0.204. The number of ether oxygens (including phenoxy) is 2. The highest BCUT2D eigenvalue weighted by atomic mass is 32.1. The number of methoxy groups -OCH3 is 1. The smallest absolute Gasteiger partial charge is 0.357 e. The van der Waals surface area contributed by atoms with Crippen molar-refractivity contribution >= 4 is 29.2 Å².